The highest BCUT2D eigenvalue weighted by molar-refractivity contribution is 8.14. The van der Waals surface area contributed by atoms with Gasteiger partial charge in [-0.1, -0.05) is 43.0 Å². The molecule has 150 valence electrons. The Morgan fingerprint density at radius 1 is 1.17 bits per heavy atom. The van der Waals surface area contributed by atoms with Gasteiger partial charge >= 0.3 is 5.69 Å². The molecule has 1 saturated heterocycles. The average Bonchev–Trinajstić information content (AvgIpc) is 3.18. The molecule has 1 amide bonds. The molecule has 1 atom stereocenters. The molecule has 7 heteroatoms. The van der Waals surface area contributed by atoms with Crippen molar-refractivity contribution in [3.05, 3.63) is 64.6 Å². The van der Waals surface area contributed by atoms with Crippen LogP contribution in [0.15, 0.2) is 58.3 Å². The van der Waals surface area contributed by atoms with Crippen LogP contribution in [0.4, 0.5) is 5.69 Å². The van der Waals surface area contributed by atoms with E-state index in [0.717, 1.165) is 27.5 Å². The summed E-state index contributed by atoms with van der Waals surface area (Å²) in [6, 6.07) is 15.6. The van der Waals surface area contributed by atoms with E-state index < -0.39 is 0 Å². The van der Waals surface area contributed by atoms with Crippen LogP contribution in [0, 0.1) is 6.92 Å². The summed E-state index contributed by atoms with van der Waals surface area (Å²) in [5, 5.41) is 1.03. The van der Waals surface area contributed by atoms with Crippen LogP contribution in [0.1, 0.15) is 18.9 Å². The SMILES string of the molecule is Cc1cccc(N=C2SC(C)CN2C(=O)CCn2c(=O)n(C)c3ccccc32)c1. The van der Waals surface area contributed by atoms with Gasteiger partial charge < -0.3 is 0 Å². The molecule has 6 nitrogen and oxygen atoms in total. The fourth-order valence-corrected chi connectivity index (χ4v) is 4.69. The monoisotopic (exact) mass is 408 g/mol. The highest BCUT2D eigenvalue weighted by Gasteiger charge is 2.30. The number of aryl methyl sites for hydroxylation is 3. The number of para-hydroxylation sites is 2. The Morgan fingerprint density at radius 3 is 2.69 bits per heavy atom. The largest absolute Gasteiger partial charge is 0.328 e. The van der Waals surface area contributed by atoms with Gasteiger partial charge in [0.2, 0.25) is 5.91 Å². The van der Waals surface area contributed by atoms with Crippen molar-refractivity contribution in [2.24, 2.45) is 12.0 Å². The summed E-state index contributed by atoms with van der Waals surface area (Å²) in [5.41, 5.74) is 3.61. The fraction of sp³-hybridized carbons (Fsp3) is 0.318. The number of rotatable bonds is 4. The Bertz CT molecular complexity index is 1160. The van der Waals surface area contributed by atoms with Gasteiger partial charge in [-0.15, -0.1) is 0 Å². The molecular weight excluding hydrogens is 384 g/mol. The molecule has 1 aromatic heterocycles. The summed E-state index contributed by atoms with van der Waals surface area (Å²) >= 11 is 1.62. The number of fused-ring (bicyclic) bond motifs is 1. The number of nitrogens with zero attached hydrogens (tertiary/aromatic N) is 4. The summed E-state index contributed by atoms with van der Waals surface area (Å²) in [6.45, 7) is 5.11. The zero-order chi connectivity index (χ0) is 20.5. The maximum absolute atomic E-state index is 13.0. The number of thioether (sulfide) groups is 1. The number of benzene rings is 2. The summed E-state index contributed by atoms with van der Waals surface area (Å²) in [4.78, 5) is 32.0. The minimum Gasteiger partial charge on any atom is -0.295 e. The molecule has 1 fully saturated rings. The van der Waals surface area contributed by atoms with Crippen LogP contribution in [-0.4, -0.2) is 36.9 Å². The minimum atomic E-state index is -0.100. The zero-order valence-electron chi connectivity index (χ0n) is 16.8. The van der Waals surface area contributed by atoms with E-state index in [1.807, 2.05) is 55.5 Å². The lowest BCUT2D eigenvalue weighted by molar-refractivity contribution is -0.127. The maximum Gasteiger partial charge on any atom is 0.328 e. The van der Waals surface area contributed by atoms with Gasteiger partial charge in [-0.05, 0) is 36.8 Å². The first-order valence-corrected chi connectivity index (χ1v) is 10.6. The lowest BCUT2D eigenvalue weighted by atomic mass is 10.2. The number of hydrogen-bond acceptors (Lipinski definition) is 4. The molecule has 2 aromatic carbocycles. The van der Waals surface area contributed by atoms with Gasteiger partial charge in [0.05, 0.1) is 16.7 Å². The molecule has 1 unspecified atom stereocenters. The number of carbonyl (C=O) groups is 1. The number of amides is 1. The van der Waals surface area contributed by atoms with Gasteiger partial charge in [0.25, 0.3) is 0 Å². The molecule has 0 radical (unpaired) electrons. The van der Waals surface area contributed by atoms with Crippen LogP contribution >= 0.6 is 11.8 Å². The molecule has 0 saturated carbocycles. The van der Waals surface area contributed by atoms with E-state index in [1.165, 1.54) is 0 Å². The van der Waals surface area contributed by atoms with Crippen molar-refractivity contribution in [1.82, 2.24) is 14.0 Å². The average molecular weight is 409 g/mol. The number of aliphatic imine (C=N–C) groups is 1. The molecule has 0 aliphatic carbocycles. The molecule has 4 rings (SSSR count). The fourth-order valence-electron chi connectivity index (χ4n) is 3.64. The van der Waals surface area contributed by atoms with Crippen molar-refractivity contribution >= 4 is 39.6 Å². The standard InChI is InChI=1S/C22H24N4O2S/c1-15-7-6-8-17(13-15)23-21-26(14-16(2)29-21)20(27)11-12-25-19-10-5-4-9-18(19)24(3)22(25)28/h4-10,13,16H,11-12,14H2,1-3H3. The third-order valence-electron chi connectivity index (χ3n) is 5.11. The van der Waals surface area contributed by atoms with Crippen molar-refractivity contribution in [1.29, 1.82) is 0 Å². The zero-order valence-corrected chi connectivity index (χ0v) is 17.6. The van der Waals surface area contributed by atoms with Gasteiger partial charge in [-0.3, -0.25) is 18.8 Å². The molecule has 1 aliphatic heterocycles. The Kier molecular flexibility index (Phi) is 5.32. The van der Waals surface area contributed by atoms with Crippen molar-refractivity contribution in [2.75, 3.05) is 6.54 Å². The molecule has 0 bridgehead atoms. The summed E-state index contributed by atoms with van der Waals surface area (Å²) in [7, 11) is 1.76. The minimum absolute atomic E-state index is 0.00640. The molecular formula is C22H24N4O2S. The molecule has 2 heterocycles. The van der Waals surface area contributed by atoms with Crippen LogP contribution in [0.3, 0.4) is 0 Å². The van der Waals surface area contributed by atoms with E-state index in [4.69, 9.17) is 4.99 Å². The molecule has 0 N–H and O–H groups in total. The number of hydrogen-bond donors (Lipinski definition) is 0. The van der Waals surface area contributed by atoms with Crippen LogP contribution in [0.5, 0.6) is 0 Å². The molecule has 29 heavy (non-hydrogen) atoms. The van der Waals surface area contributed by atoms with Crippen LogP contribution in [0.25, 0.3) is 11.0 Å². The van der Waals surface area contributed by atoms with E-state index in [-0.39, 0.29) is 18.0 Å². The molecule has 3 aromatic rings. The number of carbonyl (C=O) groups excluding carboxylic acids is 1. The van der Waals surface area contributed by atoms with Gasteiger partial charge in [-0.25, -0.2) is 9.79 Å². The van der Waals surface area contributed by atoms with Gasteiger partial charge in [0.15, 0.2) is 5.17 Å². The summed E-state index contributed by atoms with van der Waals surface area (Å²) in [5.74, 6) is -0.00640. The van der Waals surface area contributed by atoms with E-state index in [2.05, 4.69) is 6.92 Å². The Balaban J connectivity index is 1.55. The van der Waals surface area contributed by atoms with Crippen LogP contribution in [0.2, 0.25) is 0 Å². The van der Waals surface area contributed by atoms with Crippen LogP contribution in [-0.2, 0) is 18.4 Å². The quantitative estimate of drug-likeness (QED) is 0.662. The second-order valence-electron chi connectivity index (χ2n) is 7.40. The number of amidine groups is 1. The first kappa shape index (κ1) is 19.5. The second-order valence-corrected chi connectivity index (χ2v) is 8.80. The first-order chi connectivity index (χ1) is 13.9. The van der Waals surface area contributed by atoms with Crippen molar-refractivity contribution in [3.63, 3.8) is 0 Å². The van der Waals surface area contributed by atoms with E-state index >= 15 is 0 Å². The second kappa shape index (κ2) is 7.91. The van der Waals surface area contributed by atoms with Crippen LogP contribution < -0.4 is 5.69 Å². The highest BCUT2D eigenvalue weighted by atomic mass is 32.2. The summed E-state index contributed by atoms with van der Waals surface area (Å²) in [6.07, 6.45) is 0.258. The third-order valence-corrected chi connectivity index (χ3v) is 6.18. The Hall–Kier alpha value is -2.80. The summed E-state index contributed by atoms with van der Waals surface area (Å²) < 4.78 is 3.30. The van der Waals surface area contributed by atoms with E-state index in [1.54, 1.807) is 32.8 Å². The highest BCUT2D eigenvalue weighted by Crippen LogP contribution is 2.29. The lowest BCUT2D eigenvalue weighted by Crippen LogP contribution is -2.34. The van der Waals surface area contributed by atoms with E-state index in [9.17, 15) is 9.59 Å². The normalized spacial score (nSPS) is 18.1. The predicted molar refractivity (Wildman–Crippen MR) is 119 cm³/mol. The molecule has 1 aliphatic rings. The van der Waals surface area contributed by atoms with Gasteiger partial charge in [0.1, 0.15) is 0 Å². The van der Waals surface area contributed by atoms with Gasteiger partial charge in [-0.2, -0.15) is 0 Å². The maximum atomic E-state index is 13.0. The van der Waals surface area contributed by atoms with E-state index in [0.29, 0.717) is 18.3 Å². The lowest BCUT2D eigenvalue weighted by Gasteiger charge is -2.16. The number of imidazole rings is 1. The first-order valence-electron chi connectivity index (χ1n) is 9.70. The topological polar surface area (TPSA) is 59.6 Å². The predicted octanol–water partition coefficient (Wildman–Crippen LogP) is 3.69. The third kappa shape index (κ3) is 3.87. The molecule has 0 spiro atoms. The number of aromatic nitrogens is 2. The van der Waals surface area contributed by atoms with Crippen molar-refractivity contribution in [3.8, 4) is 0 Å². The smallest absolute Gasteiger partial charge is 0.295 e. The Morgan fingerprint density at radius 2 is 1.93 bits per heavy atom. The van der Waals surface area contributed by atoms with Crippen molar-refractivity contribution in [2.45, 2.75) is 32.1 Å². The van der Waals surface area contributed by atoms with Gasteiger partial charge in [0, 0.05) is 31.8 Å². The van der Waals surface area contributed by atoms with Crippen molar-refractivity contribution < 1.29 is 4.79 Å². The Labute approximate surface area is 173 Å².